The molecule has 0 bridgehead atoms. The molecule has 1 aromatic carbocycles. The number of halogens is 1. The maximum Gasteiger partial charge on any atom is 0.244 e. The fourth-order valence-corrected chi connectivity index (χ4v) is 3.55. The van der Waals surface area contributed by atoms with E-state index >= 15 is 0 Å². The highest BCUT2D eigenvalue weighted by Gasteiger charge is 2.25. The number of benzene rings is 1. The van der Waals surface area contributed by atoms with Gasteiger partial charge in [-0.05, 0) is 25.1 Å². The van der Waals surface area contributed by atoms with Gasteiger partial charge in [-0.25, -0.2) is 13.1 Å². The van der Waals surface area contributed by atoms with Gasteiger partial charge in [0, 0.05) is 13.1 Å². The molecular formula is C14H19ClN2O4S. The van der Waals surface area contributed by atoms with Crippen molar-refractivity contribution < 1.29 is 17.9 Å². The van der Waals surface area contributed by atoms with E-state index < -0.39 is 10.0 Å². The minimum absolute atomic E-state index is 0. The van der Waals surface area contributed by atoms with Crippen LogP contribution in [0.1, 0.15) is 6.42 Å². The third-order valence-corrected chi connectivity index (χ3v) is 4.89. The van der Waals surface area contributed by atoms with Gasteiger partial charge in [-0.2, -0.15) is 0 Å². The van der Waals surface area contributed by atoms with Crippen molar-refractivity contribution in [2.24, 2.45) is 0 Å². The monoisotopic (exact) mass is 346 g/mol. The molecule has 22 heavy (non-hydrogen) atoms. The zero-order valence-electron chi connectivity index (χ0n) is 12.0. The van der Waals surface area contributed by atoms with Crippen LogP contribution < -0.4 is 19.5 Å². The molecule has 122 valence electrons. The van der Waals surface area contributed by atoms with Gasteiger partial charge in [-0.15, -0.1) is 12.4 Å². The highest BCUT2D eigenvalue weighted by Crippen LogP contribution is 2.36. The Labute approximate surface area is 136 Å². The molecule has 0 amide bonds. The van der Waals surface area contributed by atoms with Crippen molar-refractivity contribution in [1.82, 2.24) is 10.0 Å². The fraction of sp³-hybridized carbons (Fsp3) is 0.429. The van der Waals surface area contributed by atoms with E-state index in [1.54, 1.807) is 12.1 Å². The Balaban J connectivity index is 0.00000176. The molecule has 6 nitrogen and oxygen atoms in total. The molecule has 0 saturated carbocycles. The van der Waals surface area contributed by atoms with Gasteiger partial charge in [0.25, 0.3) is 0 Å². The fourth-order valence-electron chi connectivity index (χ4n) is 2.35. The summed E-state index contributed by atoms with van der Waals surface area (Å²) in [4.78, 5) is 0.134. The van der Waals surface area contributed by atoms with Gasteiger partial charge < -0.3 is 14.8 Å². The second kappa shape index (κ2) is 7.32. The molecule has 0 saturated heterocycles. The van der Waals surface area contributed by atoms with E-state index in [1.807, 2.05) is 6.08 Å². The topological polar surface area (TPSA) is 76.7 Å². The summed E-state index contributed by atoms with van der Waals surface area (Å²) >= 11 is 0. The summed E-state index contributed by atoms with van der Waals surface area (Å²) in [6, 6.07) is 4.90. The smallest absolute Gasteiger partial charge is 0.244 e. The van der Waals surface area contributed by atoms with Crippen molar-refractivity contribution in [2.45, 2.75) is 11.3 Å². The predicted octanol–water partition coefficient (Wildman–Crippen LogP) is 1.08. The summed E-state index contributed by atoms with van der Waals surface area (Å²) < 4.78 is 38.4. The summed E-state index contributed by atoms with van der Waals surface area (Å²) in [5.41, 5.74) is 1.10. The van der Waals surface area contributed by atoms with Gasteiger partial charge in [-0.1, -0.05) is 17.7 Å². The third kappa shape index (κ3) is 3.73. The molecular weight excluding hydrogens is 328 g/mol. The summed E-state index contributed by atoms with van der Waals surface area (Å²) in [5.74, 6) is 0.778. The molecule has 2 aliphatic rings. The summed E-state index contributed by atoms with van der Waals surface area (Å²) in [6.45, 7) is 2.79. The zero-order chi connectivity index (χ0) is 14.7. The molecule has 0 unspecified atom stereocenters. The van der Waals surface area contributed by atoms with E-state index in [-0.39, 0.29) is 17.3 Å². The number of fused-ring (bicyclic) bond motifs is 1. The molecule has 1 aromatic rings. The molecule has 8 heteroatoms. The van der Waals surface area contributed by atoms with Crippen LogP contribution in [0, 0.1) is 0 Å². The number of ether oxygens (including phenoxy) is 2. The Morgan fingerprint density at radius 3 is 2.82 bits per heavy atom. The van der Waals surface area contributed by atoms with Crippen molar-refractivity contribution in [2.75, 3.05) is 32.8 Å². The van der Waals surface area contributed by atoms with E-state index in [0.29, 0.717) is 31.3 Å². The lowest BCUT2D eigenvalue weighted by molar-refractivity contribution is 0.167. The number of sulfonamides is 1. The molecule has 0 fully saturated rings. The van der Waals surface area contributed by atoms with Gasteiger partial charge in [0.15, 0.2) is 11.5 Å². The largest absolute Gasteiger partial charge is 0.486 e. The van der Waals surface area contributed by atoms with Crippen LogP contribution in [0.15, 0.2) is 34.7 Å². The predicted molar refractivity (Wildman–Crippen MR) is 85.4 cm³/mol. The molecule has 0 radical (unpaired) electrons. The molecule has 3 rings (SSSR count). The molecule has 2 N–H and O–H groups in total. The third-order valence-electron chi connectivity index (χ3n) is 3.47. The highest BCUT2D eigenvalue weighted by molar-refractivity contribution is 7.89. The lowest BCUT2D eigenvalue weighted by atomic mass is 10.1. The van der Waals surface area contributed by atoms with Crippen LogP contribution in [-0.4, -0.2) is 41.3 Å². The zero-order valence-corrected chi connectivity index (χ0v) is 13.6. The van der Waals surface area contributed by atoms with E-state index in [1.165, 1.54) is 6.07 Å². The maximum absolute atomic E-state index is 12.5. The standard InChI is InChI=1S/C14H18N2O4S.ClH/c17-21(18,16-10-11-4-6-15-7-5-11)13-3-1-2-12-14(13)20-9-8-19-12;/h1-4,15-16H,5-10H2;1H. The van der Waals surface area contributed by atoms with Crippen molar-refractivity contribution in [3.05, 3.63) is 29.8 Å². The second-order valence-electron chi connectivity index (χ2n) is 4.92. The Morgan fingerprint density at radius 2 is 2.05 bits per heavy atom. The number of para-hydroxylation sites is 1. The average molecular weight is 347 g/mol. The SMILES string of the molecule is Cl.O=S(=O)(NCC1=CCNCC1)c1cccc2c1OCCO2. The first-order valence-electron chi connectivity index (χ1n) is 6.94. The minimum atomic E-state index is -3.62. The van der Waals surface area contributed by atoms with E-state index in [9.17, 15) is 8.42 Å². The molecule has 0 aromatic heterocycles. The van der Waals surface area contributed by atoms with Gasteiger partial charge >= 0.3 is 0 Å². The summed E-state index contributed by atoms with van der Waals surface area (Å²) in [5, 5.41) is 3.19. The second-order valence-corrected chi connectivity index (χ2v) is 6.66. The maximum atomic E-state index is 12.5. The molecule has 2 heterocycles. The van der Waals surface area contributed by atoms with Crippen molar-refractivity contribution in [3.63, 3.8) is 0 Å². The normalized spacial score (nSPS) is 17.4. The van der Waals surface area contributed by atoms with Crippen molar-refractivity contribution in [3.8, 4) is 11.5 Å². The Morgan fingerprint density at radius 1 is 1.23 bits per heavy atom. The number of hydrogen-bond donors (Lipinski definition) is 2. The first kappa shape index (κ1) is 17.1. The highest BCUT2D eigenvalue weighted by atomic mass is 35.5. The van der Waals surface area contributed by atoms with E-state index in [4.69, 9.17) is 9.47 Å². The van der Waals surface area contributed by atoms with Crippen LogP contribution in [-0.2, 0) is 10.0 Å². The minimum Gasteiger partial charge on any atom is -0.486 e. The molecule has 0 atom stereocenters. The quantitative estimate of drug-likeness (QED) is 0.798. The Kier molecular flexibility index (Phi) is 5.69. The van der Waals surface area contributed by atoms with Crippen LogP contribution in [0.25, 0.3) is 0 Å². The van der Waals surface area contributed by atoms with Crippen LogP contribution in [0.3, 0.4) is 0 Å². The first-order valence-corrected chi connectivity index (χ1v) is 8.42. The average Bonchev–Trinajstić information content (AvgIpc) is 2.53. The van der Waals surface area contributed by atoms with Crippen LogP contribution >= 0.6 is 12.4 Å². The van der Waals surface area contributed by atoms with Gasteiger partial charge in [0.05, 0.1) is 0 Å². The molecule has 0 aliphatic carbocycles. The first-order chi connectivity index (χ1) is 10.2. The van der Waals surface area contributed by atoms with Crippen LogP contribution in [0.5, 0.6) is 11.5 Å². The van der Waals surface area contributed by atoms with Crippen molar-refractivity contribution >= 4 is 22.4 Å². The summed E-state index contributed by atoms with van der Waals surface area (Å²) in [7, 11) is -3.62. The van der Waals surface area contributed by atoms with Gasteiger partial charge in [-0.3, -0.25) is 0 Å². The van der Waals surface area contributed by atoms with Gasteiger partial charge in [0.2, 0.25) is 10.0 Å². The van der Waals surface area contributed by atoms with Crippen molar-refractivity contribution in [1.29, 1.82) is 0 Å². The van der Waals surface area contributed by atoms with Crippen LogP contribution in [0.2, 0.25) is 0 Å². The Bertz CT molecular complexity index is 661. The number of nitrogens with one attached hydrogen (secondary N) is 2. The number of rotatable bonds is 4. The lowest BCUT2D eigenvalue weighted by Gasteiger charge is -2.21. The van der Waals surface area contributed by atoms with Gasteiger partial charge in [0.1, 0.15) is 18.1 Å². The van der Waals surface area contributed by atoms with E-state index in [0.717, 1.165) is 25.1 Å². The number of hydrogen-bond acceptors (Lipinski definition) is 5. The summed E-state index contributed by atoms with van der Waals surface area (Å²) in [6.07, 6.45) is 2.88. The van der Waals surface area contributed by atoms with E-state index in [2.05, 4.69) is 10.0 Å². The lowest BCUT2D eigenvalue weighted by Crippen LogP contribution is -2.30. The molecule has 2 aliphatic heterocycles. The van der Waals surface area contributed by atoms with Crippen LogP contribution in [0.4, 0.5) is 0 Å². The Hall–Kier alpha value is -1.28. The molecule has 0 spiro atoms.